The van der Waals surface area contributed by atoms with Crippen LogP contribution in [0.15, 0.2) is 36.4 Å². The third kappa shape index (κ3) is 3.58. The van der Waals surface area contributed by atoms with Crippen molar-refractivity contribution in [3.63, 3.8) is 0 Å². The molecule has 2 aromatic rings. The SMILES string of the molecule is COc1cc(O)cc(O)c1[C@@H](O)CCc1ccc(O)cc1. The molecule has 2 rings (SSSR count). The summed E-state index contributed by atoms with van der Waals surface area (Å²) in [5.41, 5.74) is 1.22. The van der Waals surface area contributed by atoms with Crippen molar-refractivity contribution in [2.45, 2.75) is 18.9 Å². The minimum absolute atomic E-state index is 0.126. The van der Waals surface area contributed by atoms with E-state index in [-0.39, 0.29) is 28.6 Å². The van der Waals surface area contributed by atoms with E-state index in [1.54, 1.807) is 24.3 Å². The van der Waals surface area contributed by atoms with Gasteiger partial charge in [-0.05, 0) is 30.5 Å². The molecule has 0 aliphatic carbocycles. The molecule has 0 saturated carbocycles. The molecule has 21 heavy (non-hydrogen) atoms. The number of phenols is 3. The van der Waals surface area contributed by atoms with Crippen LogP contribution in [0.3, 0.4) is 0 Å². The lowest BCUT2D eigenvalue weighted by Gasteiger charge is -2.16. The Kier molecular flexibility index (Phi) is 4.55. The predicted molar refractivity (Wildman–Crippen MR) is 77.7 cm³/mol. The largest absolute Gasteiger partial charge is 0.508 e. The summed E-state index contributed by atoms with van der Waals surface area (Å²) < 4.78 is 5.08. The zero-order chi connectivity index (χ0) is 15.4. The molecule has 0 unspecified atom stereocenters. The number of aromatic hydroxyl groups is 3. The van der Waals surface area contributed by atoms with Crippen LogP contribution in [0.5, 0.6) is 23.0 Å². The maximum Gasteiger partial charge on any atom is 0.132 e. The molecular weight excluding hydrogens is 272 g/mol. The highest BCUT2D eigenvalue weighted by atomic mass is 16.5. The molecule has 112 valence electrons. The van der Waals surface area contributed by atoms with E-state index in [2.05, 4.69) is 0 Å². The second-order valence-corrected chi connectivity index (χ2v) is 4.80. The topological polar surface area (TPSA) is 90.2 Å². The van der Waals surface area contributed by atoms with Crippen LogP contribution in [0.1, 0.15) is 23.7 Å². The molecule has 1 atom stereocenters. The molecule has 0 spiro atoms. The Morgan fingerprint density at radius 3 is 2.29 bits per heavy atom. The van der Waals surface area contributed by atoms with Gasteiger partial charge in [-0.3, -0.25) is 0 Å². The van der Waals surface area contributed by atoms with Gasteiger partial charge in [-0.1, -0.05) is 12.1 Å². The Labute approximate surface area is 122 Å². The first-order valence-electron chi connectivity index (χ1n) is 6.57. The van der Waals surface area contributed by atoms with Crippen molar-refractivity contribution in [3.05, 3.63) is 47.5 Å². The van der Waals surface area contributed by atoms with Crippen molar-refractivity contribution < 1.29 is 25.2 Å². The molecule has 0 radical (unpaired) electrons. The predicted octanol–water partition coefficient (Wildman–Crippen LogP) is 2.48. The summed E-state index contributed by atoms with van der Waals surface area (Å²) in [6.07, 6.45) is 0.0269. The monoisotopic (exact) mass is 290 g/mol. The number of phenolic OH excluding ortho intramolecular Hbond substituents is 3. The molecule has 0 bridgehead atoms. The zero-order valence-corrected chi connectivity index (χ0v) is 11.7. The van der Waals surface area contributed by atoms with Gasteiger partial charge in [0.1, 0.15) is 23.0 Å². The van der Waals surface area contributed by atoms with Gasteiger partial charge in [-0.2, -0.15) is 0 Å². The minimum atomic E-state index is -0.922. The summed E-state index contributed by atoms with van der Waals surface area (Å²) in [7, 11) is 1.41. The molecule has 0 aromatic heterocycles. The van der Waals surface area contributed by atoms with Crippen LogP contribution in [0.4, 0.5) is 0 Å². The molecule has 4 N–H and O–H groups in total. The Morgan fingerprint density at radius 2 is 1.67 bits per heavy atom. The highest BCUT2D eigenvalue weighted by molar-refractivity contribution is 5.50. The lowest BCUT2D eigenvalue weighted by atomic mass is 9.99. The summed E-state index contributed by atoms with van der Waals surface area (Å²) in [5.74, 6) is 0.103. The van der Waals surface area contributed by atoms with Crippen LogP contribution in [0.2, 0.25) is 0 Å². The van der Waals surface area contributed by atoms with Crippen molar-refractivity contribution in [2.75, 3.05) is 7.11 Å². The van der Waals surface area contributed by atoms with Gasteiger partial charge in [-0.25, -0.2) is 0 Å². The summed E-state index contributed by atoms with van der Waals surface area (Å²) in [6.45, 7) is 0. The second kappa shape index (κ2) is 6.37. The highest BCUT2D eigenvalue weighted by Gasteiger charge is 2.19. The van der Waals surface area contributed by atoms with Crippen LogP contribution in [-0.2, 0) is 6.42 Å². The van der Waals surface area contributed by atoms with E-state index in [9.17, 15) is 20.4 Å². The molecule has 0 heterocycles. The molecule has 0 amide bonds. The fraction of sp³-hybridized carbons (Fsp3) is 0.250. The second-order valence-electron chi connectivity index (χ2n) is 4.80. The summed E-state index contributed by atoms with van der Waals surface area (Å²) in [5, 5.41) is 38.8. The number of aliphatic hydroxyl groups is 1. The molecule has 5 nitrogen and oxygen atoms in total. The average molecular weight is 290 g/mol. The van der Waals surface area contributed by atoms with Gasteiger partial charge in [0.15, 0.2) is 0 Å². The maximum absolute atomic E-state index is 10.2. The first-order valence-corrected chi connectivity index (χ1v) is 6.57. The number of aliphatic hydroxyl groups excluding tert-OH is 1. The number of ether oxygens (including phenoxy) is 1. The van der Waals surface area contributed by atoms with Crippen LogP contribution < -0.4 is 4.74 Å². The number of methoxy groups -OCH3 is 1. The van der Waals surface area contributed by atoms with Crippen molar-refractivity contribution >= 4 is 0 Å². The quantitative estimate of drug-likeness (QED) is 0.679. The number of hydrogen-bond donors (Lipinski definition) is 4. The fourth-order valence-corrected chi connectivity index (χ4v) is 2.21. The fourth-order valence-electron chi connectivity index (χ4n) is 2.21. The van der Waals surface area contributed by atoms with Gasteiger partial charge in [-0.15, -0.1) is 0 Å². The number of rotatable bonds is 5. The zero-order valence-electron chi connectivity index (χ0n) is 11.7. The first-order chi connectivity index (χ1) is 10.0. The minimum Gasteiger partial charge on any atom is -0.508 e. The number of aryl methyl sites for hydroxylation is 1. The Bertz CT molecular complexity index is 607. The molecule has 0 saturated heterocycles. The standard InChI is InChI=1S/C16H18O5/c1-21-15-9-12(18)8-14(20)16(15)13(19)7-4-10-2-5-11(17)6-3-10/h2-3,5-6,8-9,13,17-20H,4,7H2,1H3/t13-/m0/s1. The van der Waals surface area contributed by atoms with Crippen LogP contribution in [0.25, 0.3) is 0 Å². The molecule has 2 aromatic carbocycles. The number of benzene rings is 2. The summed E-state index contributed by atoms with van der Waals surface area (Å²) in [6, 6.07) is 9.23. The van der Waals surface area contributed by atoms with E-state index < -0.39 is 6.10 Å². The van der Waals surface area contributed by atoms with Gasteiger partial charge < -0.3 is 25.2 Å². The maximum atomic E-state index is 10.2. The van der Waals surface area contributed by atoms with Crippen molar-refractivity contribution in [3.8, 4) is 23.0 Å². The van der Waals surface area contributed by atoms with Crippen LogP contribution in [-0.4, -0.2) is 27.5 Å². The van der Waals surface area contributed by atoms with Crippen molar-refractivity contribution in [2.24, 2.45) is 0 Å². The van der Waals surface area contributed by atoms with Crippen molar-refractivity contribution in [1.82, 2.24) is 0 Å². The van der Waals surface area contributed by atoms with E-state index in [4.69, 9.17) is 4.74 Å². The van der Waals surface area contributed by atoms with Crippen LogP contribution in [0, 0.1) is 0 Å². The summed E-state index contributed by atoms with van der Waals surface area (Å²) in [4.78, 5) is 0. The van der Waals surface area contributed by atoms with Gasteiger partial charge in [0, 0.05) is 12.1 Å². The van der Waals surface area contributed by atoms with E-state index in [0.29, 0.717) is 12.8 Å². The Balaban J connectivity index is 2.13. The lowest BCUT2D eigenvalue weighted by molar-refractivity contribution is 0.159. The average Bonchev–Trinajstić information content (AvgIpc) is 2.45. The Morgan fingerprint density at radius 1 is 1.00 bits per heavy atom. The van der Waals surface area contributed by atoms with Gasteiger partial charge in [0.2, 0.25) is 0 Å². The smallest absolute Gasteiger partial charge is 0.132 e. The highest BCUT2D eigenvalue weighted by Crippen LogP contribution is 2.38. The number of hydrogen-bond acceptors (Lipinski definition) is 5. The first kappa shape index (κ1) is 15.0. The molecule has 0 fully saturated rings. The summed E-state index contributed by atoms with van der Waals surface area (Å²) >= 11 is 0. The lowest BCUT2D eigenvalue weighted by Crippen LogP contribution is -2.03. The van der Waals surface area contributed by atoms with Gasteiger partial charge in [0.05, 0.1) is 18.8 Å². The van der Waals surface area contributed by atoms with E-state index in [1.807, 2.05) is 0 Å². The third-order valence-corrected chi connectivity index (χ3v) is 3.30. The van der Waals surface area contributed by atoms with Crippen molar-refractivity contribution in [1.29, 1.82) is 0 Å². The van der Waals surface area contributed by atoms with E-state index >= 15 is 0 Å². The Hall–Kier alpha value is -2.40. The van der Waals surface area contributed by atoms with Gasteiger partial charge >= 0.3 is 0 Å². The van der Waals surface area contributed by atoms with Gasteiger partial charge in [0.25, 0.3) is 0 Å². The molecule has 0 aliphatic rings. The van der Waals surface area contributed by atoms with E-state index in [1.165, 1.54) is 19.2 Å². The normalized spacial score (nSPS) is 12.1. The molecular formula is C16H18O5. The van der Waals surface area contributed by atoms with Crippen LogP contribution >= 0.6 is 0 Å². The third-order valence-electron chi connectivity index (χ3n) is 3.30. The molecule has 5 heteroatoms. The van der Waals surface area contributed by atoms with E-state index in [0.717, 1.165) is 5.56 Å². The molecule has 0 aliphatic heterocycles.